The number of ether oxygens (including phenoxy) is 1. The number of alkyl halides is 3. The van der Waals surface area contributed by atoms with Crippen molar-refractivity contribution in [2.75, 3.05) is 44.2 Å². The summed E-state index contributed by atoms with van der Waals surface area (Å²) < 4.78 is 50.4. The molecule has 3 atom stereocenters. The van der Waals surface area contributed by atoms with Crippen molar-refractivity contribution in [3.05, 3.63) is 47.7 Å². The number of piperazine rings is 1. The highest BCUT2D eigenvalue weighted by Crippen LogP contribution is 2.42. The van der Waals surface area contributed by atoms with Crippen LogP contribution in [-0.4, -0.2) is 88.2 Å². The van der Waals surface area contributed by atoms with E-state index in [2.05, 4.69) is 23.1 Å². The summed E-state index contributed by atoms with van der Waals surface area (Å²) in [4.78, 5) is 18.2. The number of terminal acetylenes is 1. The van der Waals surface area contributed by atoms with Crippen molar-refractivity contribution in [1.29, 1.82) is 0 Å². The van der Waals surface area contributed by atoms with Gasteiger partial charge < -0.3 is 20.1 Å². The molecule has 0 saturated carbocycles. The fraction of sp³-hybridized carbons (Fsp3) is 0.441. The Balaban J connectivity index is 1.39. The van der Waals surface area contributed by atoms with E-state index in [1.807, 2.05) is 11.0 Å². The molecule has 3 fully saturated rings. The molecule has 7 rings (SSSR count). The van der Waals surface area contributed by atoms with Crippen molar-refractivity contribution >= 4 is 27.5 Å². The minimum absolute atomic E-state index is 0.00790. The highest BCUT2D eigenvalue weighted by molar-refractivity contribution is 6.04. The number of pyridine rings is 1. The van der Waals surface area contributed by atoms with Crippen LogP contribution in [0.4, 0.5) is 19.0 Å². The number of anilines is 1. The van der Waals surface area contributed by atoms with Gasteiger partial charge in [-0.2, -0.15) is 9.97 Å². The summed E-state index contributed by atoms with van der Waals surface area (Å²) in [5.41, 5.74) is 1.12. The van der Waals surface area contributed by atoms with Gasteiger partial charge in [-0.25, -0.2) is 13.2 Å². The first kappa shape index (κ1) is 29.6. The number of hydrogen-bond acceptors (Lipinski definition) is 8. The van der Waals surface area contributed by atoms with E-state index in [1.54, 1.807) is 24.4 Å². The molecule has 0 aliphatic carbocycles. The van der Waals surface area contributed by atoms with Gasteiger partial charge in [0.2, 0.25) is 0 Å². The average molecular weight is 617 g/mol. The van der Waals surface area contributed by atoms with Crippen LogP contribution in [0.25, 0.3) is 32.9 Å². The quantitative estimate of drug-likeness (QED) is 0.278. The number of nitrogens with zero attached hydrogens (tertiary/aromatic N) is 5. The molecule has 8 nitrogen and oxygen atoms in total. The number of rotatable bonds is 7. The highest BCUT2D eigenvalue weighted by atomic mass is 19.1. The molecule has 2 N–H and O–H groups in total. The van der Waals surface area contributed by atoms with Gasteiger partial charge in [-0.15, -0.1) is 6.42 Å². The third-order valence-electron chi connectivity index (χ3n) is 9.53. The molecule has 0 bridgehead atoms. The van der Waals surface area contributed by atoms with Crippen LogP contribution in [0.3, 0.4) is 0 Å². The van der Waals surface area contributed by atoms with Crippen LogP contribution in [-0.2, 0) is 6.67 Å². The molecule has 3 aliphatic heterocycles. The predicted molar refractivity (Wildman–Crippen MR) is 168 cm³/mol. The summed E-state index contributed by atoms with van der Waals surface area (Å²) in [6.45, 7) is 3.62. The molecular formula is C34H35F3N6O2. The normalized spacial score (nSPS) is 23.0. The standard InChI is InChI=1S/C34H35F3N6O2/c1-3-20-6-5-7-21-10-25(44)11-26(29(20)21)30-27(14-35)31-28(15-39-30)32(42-9-8-38-24(4-2)18-42)41-33(40-31)45-19-34-12-22(36)16-43(34)17-23(37)13-34/h1,5-7,10-11,15,22-24,38,44H,4,8-9,12-14,16-19H2,2H3/t22-,23-,24?/m1/s1. The van der Waals surface area contributed by atoms with Crippen molar-refractivity contribution in [1.82, 2.24) is 25.2 Å². The highest BCUT2D eigenvalue weighted by Gasteiger charge is 2.53. The molecule has 1 unspecified atom stereocenters. The molecule has 4 aromatic rings. The van der Waals surface area contributed by atoms with Crippen LogP contribution in [0, 0.1) is 12.3 Å². The lowest BCUT2D eigenvalue weighted by Gasteiger charge is -2.35. The van der Waals surface area contributed by atoms with Gasteiger partial charge in [-0.3, -0.25) is 9.88 Å². The van der Waals surface area contributed by atoms with Gasteiger partial charge in [-0.1, -0.05) is 25.0 Å². The van der Waals surface area contributed by atoms with Gasteiger partial charge in [-0.05, 0) is 30.0 Å². The summed E-state index contributed by atoms with van der Waals surface area (Å²) >= 11 is 0. The van der Waals surface area contributed by atoms with Crippen molar-refractivity contribution in [3.63, 3.8) is 0 Å². The molecule has 5 heterocycles. The van der Waals surface area contributed by atoms with Gasteiger partial charge in [0, 0.05) is 79.9 Å². The number of halogens is 3. The first-order valence-electron chi connectivity index (χ1n) is 15.4. The van der Waals surface area contributed by atoms with Crippen LogP contribution >= 0.6 is 0 Å². The monoisotopic (exact) mass is 616 g/mol. The van der Waals surface area contributed by atoms with Gasteiger partial charge >= 0.3 is 6.01 Å². The van der Waals surface area contributed by atoms with Gasteiger partial charge in [0.15, 0.2) is 0 Å². The predicted octanol–water partition coefficient (Wildman–Crippen LogP) is 5.09. The maximum absolute atomic E-state index is 15.2. The minimum atomic E-state index is -1.06. The topological polar surface area (TPSA) is 86.6 Å². The zero-order chi connectivity index (χ0) is 31.3. The Bertz CT molecular complexity index is 1800. The van der Waals surface area contributed by atoms with E-state index in [9.17, 15) is 13.9 Å². The number of phenolic OH excluding ortho intramolecular Hbond substituents is 1. The smallest absolute Gasteiger partial charge is 0.319 e. The Kier molecular flexibility index (Phi) is 7.66. The maximum atomic E-state index is 15.2. The lowest BCUT2D eigenvalue weighted by molar-refractivity contribution is 0.107. The fourth-order valence-electron chi connectivity index (χ4n) is 7.42. The Labute approximate surface area is 259 Å². The lowest BCUT2D eigenvalue weighted by atomic mass is 9.94. The van der Waals surface area contributed by atoms with Crippen molar-refractivity contribution < 1.29 is 23.0 Å². The summed E-state index contributed by atoms with van der Waals surface area (Å²) in [6.07, 6.45) is 6.63. The summed E-state index contributed by atoms with van der Waals surface area (Å²) in [6, 6.07) is 8.81. The zero-order valence-corrected chi connectivity index (χ0v) is 25.1. The van der Waals surface area contributed by atoms with Crippen molar-refractivity contribution in [2.24, 2.45) is 0 Å². The number of aromatic hydroxyl groups is 1. The molecule has 11 heteroatoms. The van der Waals surface area contributed by atoms with E-state index < -0.39 is 24.6 Å². The van der Waals surface area contributed by atoms with Gasteiger partial charge in [0.25, 0.3) is 0 Å². The number of aromatic nitrogens is 3. The van der Waals surface area contributed by atoms with Crippen LogP contribution in [0.1, 0.15) is 37.3 Å². The molecule has 3 saturated heterocycles. The Morgan fingerprint density at radius 1 is 1.16 bits per heavy atom. The molecule has 0 amide bonds. The number of fused-ring (bicyclic) bond motifs is 3. The van der Waals surface area contributed by atoms with E-state index in [4.69, 9.17) is 26.1 Å². The zero-order valence-electron chi connectivity index (χ0n) is 25.1. The van der Waals surface area contributed by atoms with E-state index >= 15 is 4.39 Å². The van der Waals surface area contributed by atoms with Crippen molar-refractivity contribution in [3.8, 4) is 35.4 Å². The molecular weight excluding hydrogens is 581 g/mol. The third kappa shape index (κ3) is 5.20. The van der Waals surface area contributed by atoms with E-state index in [0.29, 0.717) is 57.4 Å². The number of benzene rings is 2. The molecule has 2 aromatic heterocycles. The minimum Gasteiger partial charge on any atom is -0.508 e. The summed E-state index contributed by atoms with van der Waals surface area (Å²) in [5.74, 6) is 3.25. The first-order valence-corrected chi connectivity index (χ1v) is 15.4. The van der Waals surface area contributed by atoms with E-state index in [-0.39, 0.29) is 55.9 Å². The summed E-state index contributed by atoms with van der Waals surface area (Å²) in [7, 11) is 0. The first-order chi connectivity index (χ1) is 21.8. The van der Waals surface area contributed by atoms with Gasteiger partial charge in [0.1, 0.15) is 37.2 Å². The van der Waals surface area contributed by atoms with E-state index in [1.165, 1.54) is 6.07 Å². The Morgan fingerprint density at radius 3 is 2.69 bits per heavy atom. The molecule has 2 aromatic carbocycles. The molecule has 45 heavy (non-hydrogen) atoms. The molecule has 3 aliphatic rings. The van der Waals surface area contributed by atoms with Gasteiger partial charge in [0.05, 0.1) is 22.1 Å². The van der Waals surface area contributed by atoms with Crippen LogP contribution < -0.4 is 15.0 Å². The summed E-state index contributed by atoms with van der Waals surface area (Å²) in [5, 5.41) is 16.0. The largest absolute Gasteiger partial charge is 0.508 e. The number of nitrogens with one attached hydrogen (secondary N) is 1. The third-order valence-corrected chi connectivity index (χ3v) is 9.53. The fourth-order valence-corrected chi connectivity index (χ4v) is 7.42. The molecule has 0 spiro atoms. The lowest BCUT2D eigenvalue weighted by Crippen LogP contribution is -2.50. The Morgan fingerprint density at radius 2 is 1.96 bits per heavy atom. The van der Waals surface area contributed by atoms with Crippen LogP contribution in [0.15, 0.2) is 36.5 Å². The molecule has 234 valence electrons. The maximum Gasteiger partial charge on any atom is 0.319 e. The van der Waals surface area contributed by atoms with E-state index in [0.717, 1.165) is 13.0 Å². The number of hydrogen-bond donors (Lipinski definition) is 2. The number of phenols is 1. The Hall–Kier alpha value is -4.14. The second-order valence-electron chi connectivity index (χ2n) is 12.4. The SMILES string of the molecule is C#Cc1cccc2cc(O)cc(-c3ncc4c(N5CCNC(CC)C5)nc(OCC56C[C@@H](F)CN5C[C@H](F)C6)nc4c3CF)c12. The van der Waals surface area contributed by atoms with Crippen molar-refractivity contribution in [2.45, 2.75) is 56.8 Å². The second kappa shape index (κ2) is 11.7. The average Bonchev–Trinajstić information content (AvgIpc) is 3.51. The van der Waals surface area contributed by atoms with Crippen LogP contribution in [0.5, 0.6) is 11.8 Å². The van der Waals surface area contributed by atoms with Crippen LogP contribution in [0.2, 0.25) is 0 Å². The molecule has 0 radical (unpaired) electrons. The second-order valence-corrected chi connectivity index (χ2v) is 12.4.